The maximum atomic E-state index is 13.3. The fourth-order valence-electron chi connectivity index (χ4n) is 7.79. The summed E-state index contributed by atoms with van der Waals surface area (Å²) < 4.78 is 11.7. The molecular weight excluding hydrogens is 608 g/mol. The third kappa shape index (κ3) is 8.03. The van der Waals surface area contributed by atoms with Crippen LogP contribution in [0.3, 0.4) is 0 Å². The highest BCUT2D eigenvalue weighted by atomic mass is 16.5. The minimum Gasteiger partial charge on any atom is -0.495 e. The van der Waals surface area contributed by atoms with Crippen molar-refractivity contribution in [3.05, 3.63) is 30.0 Å². The molecule has 3 N–H and O–H groups in total. The maximum Gasteiger partial charge on any atom is 0.251 e. The molecule has 1 aliphatic carbocycles. The van der Waals surface area contributed by atoms with Gasteiger partial charge in [0.2, 0.25) is 11.9 Å². The first kappa shape index (κ1) is 34.4. The SMILES string of the molecule is CC[C@@H]1C(=O)N(C)c2cnc(Nc3ccc(C(=O)NC4CCN(CCOCCC5CCNCC5)CC4)cc3OC)nc2N1C1CCCC1. The molecule has 3 fully saturated rings. The van der Waals surface area contributed by atoms with E-state index in [1.807, 2.05) is 6.07 Å². The van der Waals surface area contributed by atoms with Crippen molar-refractivity contribution in [2.45, 2.75) is 89.3 Å². The normalized spacial score (nSPS) is 21.4. The quantitative estimate of drug-likeness (QED) is 0.267. The second-order valence-corrected chi connectivity index (χ2v) is 13.8. The standard InChI is InChI=1S/C36H54N8O4/c1-4-30-35(46)42(2)31-24-38-36(41-33(31)44(30)28-7-5-6-8-28)40-29-10-9-26(23-32(29)47-3)34(45)39-27-13-18-43(19-14-27)20-22-48-21-15-25-11-16-37-17-12-25/h9-10,23-25,27-28,30,37H,4-8,11-22H2,1-3H3,(H,39,45)(H,38,40,41)/t30-/m1/s1. The summed E-state index contributed by atoms with van der Waals surface area (Å²) in [4.78, 5) is 42.3. The van der Waals surface area contributed by atoms with Gasteiger partial charge in [0, 0.05) is 50.9 Å². The first-order valence-corrected chi connectivity index (χ1v) is 18.1. The fraction of sp³-hybridized carbons (Fsp3) is 0.667. The Morgan fingerprint density at radius 2 is 1.83 bits per heavy atom. The molecule has 2 aromatic rings. The van der Waals surface area contributed by atoms with E-state index < -0.39 is 0 Å². The van der Waals surface area contributed by atoms with Crippen LogP contribution in [0.15, 0.2) is 24.4 Å². The van der Waals surface area contributed by atoms with E-state index in [9.17, 15) is 9.59 Å². The van der Waals surface area contributed by atoms with Gasteiger partial charge in [-0.1, -0.05) is 19.8 Å². The van der Waals surface area contributed by atoms with Crippen molar-refractivity contribution in [2.24, 2.45) is 5.92 Å². The molecule has 12 nitrogen and oxygen atoms in total. The molecule has 4 heterocycles. The van der Waals surface area contributed by atoms with E-state index in [0.29, 0.717) is 29.0 Å². The van der Waals surface area contributed by atoms with Gasteiger partial charge >= 0.3 is 0 Å². The predicted molar refractivity (Wildman–Crippen MR) is 188 cm³/mol. The Hall–Kier alpha value is -3.48. The summed E-state index contributed by atoms with van der Waals surface area (Å²) in [7, 11) is 3.40. The van der Waals surface area contributed by atoms with Gasteiger partial charge in [-0.3, -0.25) is 9.59 Å². The Morgan fingerprint density at radius 3 is 2.56 bits per heavy atom. The topological polar surface area (TPSA) is 124 Å². The first-order valence-electron chi connectivity index (χ1n) is 18.1. The van der Waals surface area contributed by atoms with E-state index in [1.54, 1.807) is 37.4 Å². The van der Waals surface area contributed by atoms with Crippen LogP contribution in [0.2, 0.25) is 0 Å². The highest BCUT2D eigenvalue weighted by Gasteiger charge is 2.41. The number of nitrogens with zero attached hydrogens (tertiary/aromatic N) is 5. The molecule has 2 amide bonds. The predicted octanol–water partition coefficient (Wildman–Crippen LogP) is 4.33. The zero-order chi connectivity index (χ0) is 33.5. The van der Waals surface area contributed by atoms with E-state index >= 15 is 0 Å². The maximum absolute atomic E-state index is 13.3. The van der Waals surface area contributed by atoms with Gasteiger partial charge in [-0.05, 0) is 88.6 Å². The number of hydrogen-bond acceptors (Lipinski definition) is 10. The van der Waals surface area contributed by atoms with Crippen molar-refractivity contribution in [3.8, 4) is 5.75 Å². The Bertz CT molecular complexity index is 1390. The summed E-state index contributed by atoms with van der Waals surface area (Å²) >= 11 is 0. The molecule has 1 saturated carbocycles. The number of hydrogen-bond donors (Lipinski definition) is 3. The number of carbonyl (C=O) groups is 2. The Morgan fingerprint density at radius 1 is 1.06 bits per heavy atom. The van der Waals surface area contributed by atoms with E-state index in [-0.39, 0.29) is 23.9 Å². The molecule has 2 saturated heterocycles. The molecule has 4 aliphatic rings. The summed E-state index contributed by atoms with van der Waals surface area (Å²) in [5.74, 6) is 2.53. The van der Waals surface area contributed by atoms with Gasteiger partial charge < -0.3 is 40.1 Å². The lowest BCUT2D eigenvalue weighted by atomic mass is 9.95. The van der Waals surface area contributed by atoms with Gasteiger partial charge in [0.25, 0.3) is 5.91 Å². The van der Waals surface area contributed by atoms with Crippen LogP contribution >= 0.6 is 0 Å². The molecule has 0 spiro atoms. The molecule has 12 heteroatoms. The molecule has 0 bridgehead atoms. The van der Waals surface area contributed by atoms with Crippen LogP contribution in [0.1, 0.15) is 81.5 Å². The number of likely N-dealkylation sites (tertiary alicyclic amines) is 1. The van der Waals surface area contributed by atoms with Gasteiger partial charge in [-0.25, -0.2) is 4.98 Å². The van der Waals surface area contributed by atoms with Crippen molar-refractivity contribution in [1.29, 1.82) is 0 Å². The van der Waals surface area contributed by atoms with E-state index in [2.05, 4.69) is 37.7 Å². The molecule has 1 aromatic heterocycles. The zero-order valence-corrected chi connectivity index (χ0v) is 29.0. The third-order valence-corrected chi connectivity index (χ3v) is 10.7. The monoisotopic (exact) mass is 662 g/mol. The molecule has 262 valence electrons. The van der Waals surface area contributed by atoms with Gasteiger partial charge in [0.15, 0.2) is 5.82 Å². The van der Waals surface area contributed by atoms with Crippen LogP contribution in [-0.4, -0.2) is 105 Å². The van der Waals surface area contributed by atoms with Crippen molar-refractivity contribution in [3.63, 3.8) is 0 Å². The number of nitrogens with one attached hydrogen (secondary N) is 3. The Kier molecular flexibility index (Phi) is 11.7. The number of methoxy groups -OCH3 is 1. The molecule has 0 radical (unpaired) electrons. The van der Waals surface area contributed by atoms with Crippen LogP contribution in [0.5, 0.6) is 5.75 Å². The average Bonchev–Trinajstić information content (AvgIpc) is 3.65. The number of likely N-dealkylation sites (N-methyl/N-ethyl adjacent to an activating group) is 1. The lowest BCUT2D eigenvalue weighted by Crippen LogP contribution is -2.55. The summed E-state index contributed by atoms with van der Waals surface area (Å²) in [6.07, 6.45) is 12.4. The van der Waals surface area contributed by atoms with E-state index in [0.717, 1.165) is 108 Å². The lowest BCUT2D eigenvalue weighted by molar-refractivity contribution is -0.120. The molecule has 3 aliphatic heterocycles. The minimum atomic E-state index is -0.235. The number of ether oxygens (including phenoxy) is 2. The van der Waals surface area contributed by atoms with Crippen molar-refractivity contribution < 1.29 is 19.1 Å². The number of piperidine rings is 2. The number of amides is 2. The second kappa shape index (κ2) is 16.3. The van der Waals surface area contributed by atoms with Crippen molar-refractivity contribution in [2.75, 3.05) is 75.2 Å². The Labute approximate surface area is 285 Å². The molecule has 1 atom stereocenters. The molecule has 0 unspecified atom stereocenters. The van der Waals surface area contributed by atoms with Crippen molar-refractivity contribution >= 4 is 35.0 Å². The molecule has 48 heavy (non-hydrogen) atoms. The summed E-state index contributed by atoms with van der Waals surface area (Å²) in [6.45, 7) is 8.82. The number of fused-ring (bicyclic) bond motifs is 1. The van der Waals surface area contributed by atoms with Crippen LogP contribution in [0.25, 0.3) is 0 Å². The number of carbonyl (C=O) groups excluding carboxylic acids is 2. The molecule has 1 aromatic carbocycles. The largest absolute Gasteiger partial charge is 0.495 e. The number of aromatic nitrogens is 2. The number of anilines is 4. The highest BCUT2D eigenvalue weighted by molar-refractivity contribution is 6.04. The summed E-state index contributed by atoms with van der Waals surface area (Å²) in [6, 6.07) is 5.60. The molecule has 6 rings (SSSR count). The zero-order valence-electron chi connectivity index (χ0n) is 29.0. The second-order valence-electron chi connectivity index (χ2n) is 13.8. The fourth-order valence-corrected chi connectivity index (χ4v) is 7.79. The smallest absolute Gasteiger partial charge is 0.251 e. The van der Waals surface area contributed by atoms with Crippen LogP contribution in [0.4, 0.5) is 23.1 Å². The Balaban J connectivity index is 1.02. The average molecular weight is 663 g/mol. The summed E-state index contributed by atoms with van der Waals surface area (Å²) in [5.41, 5.74) is 1.94. The van der Waals surface area contributed by atoms with Gasteiger partial charge in [-0.2, -0.15) is 4.98 Å². The van der Waals surface area contributed by atoms with Crippen LogP contribution < -0.4 is 30.5 Å². The number of rotatable bonds is 13. The van der Waals surface area contributed by atoms with Crippen molar-refractivity contribution in [1.82, 2.24) is 25.5 Å². The minimum absolute atomic E-state index is 0.0885. The van der Waals surface area contributed by atoms with E-state index in [4.69, 9.17) is 14.5 Å². The summed E-state index contributed by atoms with van der Waals surface area (Å²) in [5, 5.41) is 9.96. The third-order valence-electron chi connectivity index (χ3n) is 10.7. The first-order chi connectivity index (χ1) is 23.4. The van der Waals surface area contributed by atoms with Crippen LogP contribution in [0, 0.1) is 5.92 Å². The van der Waals surface area contributed by atoms with Gasteiger partial charge in [0.1, 0.15) is 17.5 Å². The molecular formula is C36H54N8O4. The van der Waals surface area contributed by atoms with Crippen LogP contribution in [-0.2, 0) is 9.53 Å². The van der Waals surface area contributed by atoms with E-state index in [1.165, 1.54) is 19.3 Å². The van der Waals surface area contributed by atoms with Gasteiger partial charge in [-0.15, -0.1) is 0 Å². The number of benzene rings is 1. The lowest BCUT2D eigenvalue weighted by Gasteiger charge is -2.43. The highest BCUT2D eigenvalue weighted by Crippen LogP contribution is 2.40. The van der Waals surface area contributed by atoms with Gasteiger partial charge in [0.05, 0.1) is 25.6 Å².